The summed E-state index contributed by atoms with van der Waals surface area (Å²) in [7, 11) is 1.27. The summed E-state index contributed by atoms with van der Waals surface area (Å²) in [6.07, 6.45) is 1.65. The molecule has 0 aliphatic rings. The van der Waals surface area contributed by atoms with E-state index in [0.29, 0.717) is 12.2 Å². The fraction of sp³-hybridized carbons (Fsp3) is 0.471. The lowest BCUT2D eigenvalue weighted by Gasteiger charge is -2.19. The van der Waals surface area contributed by atoms with E-state index >= 15 is 0 Å². The van der Waals surface area contributed by atoms with Crippen LogP contribution in [0, 0.1) is 0 Å². The van der Waals surface area contributed by atoms with Crippen molar-refractivity contribution < 1.29 is 23.9 Å². The molecule has 0 radical (unpaired) electrons. The molecule has 1 rings (SSSR count). The van der Waals surface area contributed by atoms with Gasteiger partial charge in [-0.15, -0.1) is 0 Å². The van der Waals surface area contributed by atoms with Gasteiger partial charge in [0.1, 0.15) is 18.7 Å². The average Bonchev–Trinajstić information content (AvgIpc) is 2.63. The van der Waals surface area contributed by atoms with E-state index in [4.69, 9.17) is 4.74 Å². The molecule has 25 heavy (non-hydrogen) atoms. The Balaban J connectivity index is 2.45. The normalized spacial score (nSPS) is 12.6. The highest BCUT2D eigenvalue weighted by Crippen LogP contribution is 2.04. The molecule has 0 saturated carbocycles. The molecule has 1 aromatic carbocycles. The van der Waals surface area contributed by atoms with Gasteiger partial charge in [-0.2, -0.15) is 11.8 Å². The van der Waals surface area contributed by atoms with Crippen LogP contribution in [-0.4, -0.2) is 49.2 Å². The number of amides is 2. The van der Waals surface area contributed by atoms with E-state index in [1.807, 2.05) is 36.6 Å². The molecule has 0 spiro atoms. The maximum Gasteiger partial charge on any atom is 0.408 e. The van der Waals surface area contributed by atoms with Crippen LogP contribution < -0.4 is 10.6 Å². The molecule has 1 aromatic rings. The molecule has 0 aliphatic carbocycles. The molecule has 2 amide bonds. The minimum atomic E-state index is -0.843. The highest BCUT2D eigenvalue weighted by molar-refractivity contribution is 7.98. The Morgan fingerprint density at radius 2 is 1.84 bits per heavy atom. The quantitative estimate of drug-likeness (QED) is 0.645. The second-order valence-electron chi connectivity index (χ2n) is 5.29. The van der Waals surface area contributed by atoms with Crippen LogP contribution in [0.15, 0.2) is 30.3 Å². The summed E-state index contributed by atoms with van der Waals surface area (Å²) in [6, 6.07) is 7.62. The lowest BCUT2D eigenvalue weighted by atomic mass is 10.2. The Morgan fingerprint density at radius 1 is 1.16 bits per heavy atom. The third kappa shape index (κ3) is 7.93. The number of carbonyl (C=O) groups is 3. The second-order valence-corrected chi connectivity index (χ2v) is 6.28. The zero-order valence-corrected chi connectivity index (χ0v) is 15.4. The predicted molar refractivity (Wildman–Crippen MR) is 96.2 cm³/mol. The number of ether oxygens (including phenoxy) is 2. The van der Waals surface area contributed by atoms with Gasteiger partial charge in [0.15, 0.2) is 0 Å². The van der Waals surface area contributed by atoms with Crippen molar-refractivity contribution in [2.45, 2.75) is 32.0 Å². The van der Waals surface area contributed by atoms with Gasteiger partial charge in [0.25, 0.3) is 0 Å². The van der Waals surface area contributed by atoms with E-state index in [-0.39, 0.29) is 6.61 Å². The first kappa shape index (κ1) is 20.8. The molecule has 0 fully saturated rings. The Bertz CT molecular complexity index is 567. The number of benzene rings is 1. The molecule has 0 saturated heterocycles. The number of thioether (sulfide) groups is 1. The number of nitrogens with one attached hydrogen (secondary N) is 2. The lowest BCUT2D eigenvalue weighted by Crippen LogP contribution is -2.50. The second kappa shape index (κ2) is 11.4. The van der Waals surface area contributed by atoms with Gasteiger partial charge in [-0.3, -0.25) is 4.79 Å². The summed E-state index contributed by atoms with van der Waals surface area (Å²) < 4.78 is 9.75. The highest BCUT2D eigenvalue weighted by atomic mass is 32.2. The molecule has 0 aromatic heterocycles. The van der Waals surface area contributed by atoms with Gasteiger partial charge < -0.3 is 20.1 Å². The topological polar surface area (TPSA) is 93.7 Å². The number of carbonyl (C=O) groups excluding carboxylic acids is 3. The summed E-state index contributed by atoms with van der Waals surface area (Å²) >= 11 is 1.56. The van der Waals surface area contributed by atoms with Crippen LogP contribution in [0.2, 0.25) is 0 Å². The molecule has 8 heteroatoms. The maximum absolute atomic E-state index is 12.2. The Hall–Kier alpha value is -2.22. The van der Waals surface area contributed by atoms with Crippen LogP contribution >= 0.6 is 11.8 Å². The average molecular weight is 368 g/mol. The van der Waals surface area contributed by atoms with Crippen LogP contribution in [0.3, 0.4) is 0 Å². The summed E-state index contributed by atoms with van der Waals surface area (Å²) in [5.41, 5.74) is 0.845. The predicted octanol–water partition coefficient (Wildman–Crippen LogP) is 1.71. The van der Waals surface area contributed by atoms with Crippen LogP contribution in [0.25, 0.3) is 0 Å². The van der Waals surface area contributed by atoms with Gasteiger partial charge in [-0.25, -0.2) is 9.59 Å². The van der Waals surface area contributed by atoms with Crippen molar-refractivity contribution in [1.82, 2.24) is 10.6 Å². The molecule has 2 atom stereocenters. The van der Waals surface area contributed by atoms with Crippen molar-refractivity contribution in [1.29, 1.82) is 0 Å². The molecule has 138 valence electrons. The third-order valence-corrected chi connectivity index (χ3v) is 4.00. The van der Waals surface area contributed by atoms with E-state index in [0.717, 1.165) is 5.56 Å². The zero-order valence-electron chi connectivity index (χ0n) is 14.6. The first-order chi connectivity index (χ1) is 12.0. The van der Waals surface area contributed by atoms with Crippen molar-refractivity contribution in [3.63, 3.8) is 0 Å². The Labute approximate surface area is 151 Å². The SMILES string of the molecule is COC(=O)[C@@H](CCSC)NC(=O)[C@@H](C)NC(=O)OCc1ccccc1. The standard InChI is InChI=1S/C17H24N2O5S/c1-12(15(20)19-14(9-10-25-3)16(21)23-2)18-17(22)24-11-13-7-5-4-6-8-13/h4-8,12,14H,9-11H2,1-3H3,(H,18,22)(H,19,20)/t12-,14-/m1/s1. The summed E-state index contributed by atoms with van der Waals surface area (Å²) in [5.74, 6) is -0.296. The van der Waals surface area contributed by atoms with Crippen LogP contribution in [-0.2, 0) is 25.7 Å². The van der Waals surface area contributed by atoms with Gasteiger partial charge in [-0.1, -0.05) is 30.3 Å². The van der Waals surface area contributed by atoms with Crippen molar-refractivity contribution >= 4 is 29.7 Å². The van der Waals surface area contributed by atoms with Crippen molar-refractivity contribution in [3.05, 3.63) is 35.9 Å². The maximum atomic E-state index is 12.2. The van der Waals surface area contributed by atoms with E-state index in [1.165, 1.54) is 14.0 Å². The van der Waals surface area contributed by atoms with Gasteiger partial charge in [0.2, 0.25) is 5.91 Å². The van der Waals surface area contributed by atoms with E-state index in [2.05, 4.69) is 15.4 Å². The molecule has 2 N–H and O–H groups in total. The summed E-state index contributed by atoms with van der Waals surface area (Å²) in [6.45, 7) is 1.63. The van der Waals surface area contributed by atoms with Crippen molar-refractivity contribution in [3.8, 4) is 0 Å². The number of hydrogen-bond donors (Lipinski definition) is 2. The molecule has 0 heterocycles. The molecule has 7 nitrogen and oxygen atoms in total. The van der Waals surface area contributed by atoms with Gasteiger partial charge in [0, 0.05) is 0 Å². The van der Waals surface area contributed by atoms with Crippen LogP contribution in [0.1, 0.15) is 18.9 Å². The minimum Gasteiger partial charge on any atom is -0.467 e. The van der Waals surface area contributed by atoms with Crippen LogP contribution in [0.5, 0.6) is 0 Å². The van der Waals surface area contributed by atoms with Crippen LogP contribution in [0.4, 0.5) is 4.79 Å². The van der Waals surface area contributed by atoms with E-state index in [9.17, 15) is 14.4 Å². The van der Waals surface area contributed by atoms with Gasteiger partial charge >= 0.3 is 12.1 Å². The van der Waals surface area contributed by atoms with E-state index < -0.39 is 30.1 Å². The number of esters is 1. The molecule has 0 bridgehead atoms. The number of methoxy groups -OCH3 is 1. The fourth-order valence-corrected chi connectivity index (χ4v) is 2.40. The molecule has 0 aliphatic heterocycles. The Morgan fingerprint density at radius 3 is 2.44 bits per heavy atom. The first-order valence-electron chi connectivity index (χ1n) is 7.82. The molecule has 0 unspecified atom stereocenters. The largest absolute Gasteiger partial charge is 0.467 e. The number of hydrogen-bond acceptors (Lipinski definition) is 6. The zero-order chi connectivity index (χ0) is 18.7. The lowest BCUT2D eigenvalue weighted by molar-refractivity contribution is -0.145. The first-order valence-corrected chi connectivity index (χ1v) is 9.21. The third-order valence-electron chi connectivity index (χ3n) is 3.35. The fourth-order valence-electron chi connectivity index (χ4n) is 1.93. The molecular formula is C17H24N2O5S. The minimum absolute atomic E-state index is 0.111. The van der Waals surface area contributed by atoms with Gasteiger partial charge in [0.05, 0.1) is 7.11 Å². The van der Waals surface area contributed by atoms with Gasteiger partial charge in [-0.05, 0) is 30.9 Å². The monoisotopic (exact) mass is 368 g/mol. The van der Waals surface area contributed by atoms with E-state index in [1.54, 1.807) is 11.8 Å². The van der Waals surface area contributed by atoms with Crippen molar-refractivity contribution in [2.24, 2.45) is 0 Å². The Kier molecular flexibility index (Phi) is 9.46. The smallest absolute Gasteiger partial charge is 0.408 e. The number of rotatable bonds is 9. The summed E-state index contributed by atoms with van der Waals surface area (Å²) in [5, 5.41) is 5.02. The highest BCUT2D eigenvalue weighted by Gasteiger charge is 2.24. The summed E-state index contributed by atoms with van der Waals surface area (Å²) in [4.78, 5) is 35.6. The van der Waals surface area contributed by atoms with Crippen molar-refractivity contribution in [2.75, 3.05) is 19.1 Å². The number of alkyl carbamates (subject to hydrolysis) is 1. The molecular weight excluding hydrogens is 344 g/mol.